The number of aliphatic carboxylic acids is 1. The maximum atomic E-state index is 11.8. The van der Waals surface area contributed by atoms with Gasteiger partial charge in [0, 0.05) is 12.1 Å². The number of aryl methyl sites for hydroxylation is 1. The zero-order valence-electron chi connectivity index (χ0n) is 9.96. The molecule has 0 fully saturated rings. The maximum Gasteiger partial charge on any atom is 0.303 e. The number of carbonyl (C=O) groups is 2. The molecule has 1 amide bonds. The monoisotopic (exact) mass is 260 g/mol. The van der Waals surface area contributed by atoms with Crippen LogP contribution in [-0.2, 0) is 11.2 Å². The predicted molar refractivity (Wildman–Crippen MR) is 66.7 cm³/mol. The number of hydrogen-bond acceptors (Lipinski definition) is 4. The largest absolute Gasteiger partial charge is 0.481 e. The van der Waals surface area contributed by atoms with Gasteiger partial charge >= 0.3 is 5.97 Å². The van der Waals surface area contributed by atoms with Gasteiger partial charge in [0.05, 0.1) is 6.20 Å². The van der Waals surface area contributed by atoms with E-state index in [-0.39, 0.29) is 12.1 Å². The molecule has 1 aromatic heterocycles. The van der Waals surface area contributed by atoms with Crippen LogP contribution in [0.5, 0.6) is 0 Å². The summed E-state index contributed by atoms with van der Waals surface area (Å²) in [7, 11) is 0. The summed E-state index contributed by atoms with van der Waals surface area (Å²) in [6.45, 7) is 0. The molecule has 2 rings (SSSR count). The zero-order valence-corrected chi connectivity index (χ0v) is 9.96. The lowest BCUT2D eigenvalue weighted by Crippen LogP contribution is -2.14. The summed E-state index contributed by atoms with van der Waals surface area (Å²) in [5.74, 6) is -1.27. The van der Waals surface area contributed by atoms with Gasteiger partial charge in [0.2, 0.25) is 0 Å². The van der Waals surface area contributed by atoms with E-state index in [1.165, 1.54) is 6.20 Å². The molecular formula is C12H12N4O3. The number of benzene rings is 1. The summed E-state index contributed by atoms with van der Waals surface area (Å²) in [4.78, 5) is 22.4. The average molecular weight is 260 g/mol. The van der Waals surface area contributed by atoms with Gasteiger partial charge in [0.25, 0.3) is 5.91 Å². The molecule has 0 bridgehead atoms. The van der Waals surface area contributed by atoms with E-state index in [2.05, 4.69) is 20.7 Å². The first-order valence-electron chi connectivity index (χ1n) is 5.63. The first-order chi connectivity index (χ1) is 9.16. The van der Waals surface area contributed by atoms with Crippen molar-refractivity contribution in [2.24, 2.45) is 0 Å². The van der Waals surface area contributed by atoms with Gasteiger partial charge in [-0.15, -0.1) is 0 Å². The number of carbonyl (C=O) groups excluding carboxylic acids is 1. The topological polar surface area (TPSA) is 108 Å². The standard InChI is InChI=1S/C12H12N4O3/c17-11(18)6-5-8-3-1-2-4-9(8)14-12(19)10-7-13-16-15-10/h1-4,7H,5-6H2,(H,14,19)(H,17,18)(H,13,15,16). The summed E-state index contributed by atoms with van der Waals surface area (Å²) in [5.41, 5.74) is 1.52. The number of anilines is 1. The molecule has 0 unspecified atom stereocenters. The van der Waals surface area contributed by atoms with Gasteiger partial charge in [-0.25, -0.2) is 0 Å². The highest BCUT2D eigenvalue weighted by atomic mass is 16.4. The number of hydrogen-bond donors (Lipinski definition) is 3. The number of para-hydroxylation sites is 1. The molecule has 0 radical (unpaired) electrons. The molecule has 19 heavy (non-hydrogen) atoms. The second-order valence-electron chi connectivity index (χ2n) is 3.86. The minimum absolute atomic E-state index is 0.0108. The molecule has 7 heteroatoms. The van der Waals surface area contributed by atoms with Crippen LogP contribution < -0.4 is 5.32 Å². The number of H-pyrrole nitrogens is 1. The van der Waals surface area contributed by atoms with Gasteiger partial charge < -0.3 is 10.4 Å². The van der Waals surface area contributed by atoms with Crippen LogP contribution in [0.25, 0.3) is 0 Å². The molecule has 0 spiro atoms. The van der Waals surface area contributed by atoms with Crippen molar-refractivity contribution in [1.82, 2.24) is 15.4 Å². The Bertz CT molecular complexity index is 580. The van der Waals surface area contributed by atoms with E-state index in [1.807, 2.05) is 0 Å². The fourth-order valence-electron chi connectivity index (χ4n) is 1.60. The van der Waals surface area contributed by atoms with E-state index >= 15 is 0 Å². The fraction of sp³-hybridized carbons (Fsp3) is 0.167. The summed E-state index contributed by atoms with van der Waals surface area (Å²) in [6, 6.07) is 7.06. The average Bonchev–Trinajstić information content (AvgIpc) is 2.91. The number of amides is 1. The van der Waals surface area contributed by atoms with E-state index in [0.717, 1.165) is 5.56 Å². The Labute approximate surface area is 108 Å². The minimum Gasteiger partial charge on any atom is -0.481 e. The first kappa shape index (κ1) is 12.7. The van der Waals surface area contributed by atoms with Gasteiger partial charge in [0.1, 0.15) is 0 Å². The molecule has 98 valence electrons. The molecule has 2 aromatic rings. The molecule has 0 atom stereocenters. The smallest absolute Gasteiger partial charge is 0.303 e. The molecule has 7 nitrogen and oxygen atoms in total. The Morgan fingerprint density at radius 3 is 2.79 bits per heavy atom. The Morgan fingerprint density at radius 2 is 2.11 bits per heavy atom. The van der Waals surface area contributed by atoms with Crippen LogP contribution in [0, 0.1) is 0 Å². The van der Waals surface area contributed by atoms with Crippen LogP contribution in [-0.4, -0.2) is 32.4 Å². The van der Waals surface area contributed by atoms with Crippen molar-refractivity contribution < 1.29 is 14.7 Å². The predicted octanol–water partition coefficient (Wildman–Crippen LogP) is 1.07. The number of carboxylic acids is 1. The summed E-state index contributed by atoms with van der Waals surface area (Å²) in [6.07, 6.45) is 1.68. The normalized spacial score (nSPS) is 10.1. The Balaban J connectivity index is 2.11. The van der Waals surface area contributed by atoms with Crippen molar-refractivity contribution in [3.8, 4) is 0 Å². The quantitative estimate of drug-likeness (QED) is 0.745. The number of aromatic amines is 1. The van der Waals surface area contributed by atoms with Gasteiger partial charge in [-0.3, -0.25) is 9.59 Å². The molecule has 0 saturated carbocycles. The van der Waals surface area contributed by atoms with Crippen molar-refractivity contribution in [2.75, 3.05) is 5.32 Å². The van der Waals surface area contributed by atoms with Crippen molar-refractivity contribution >= 4 is 17.6 Å². The lowest BCUT2D eigenvalue weighted by Gasteiger charge is -2.09. The highest BCUT2D eigenvalue weighted by Gasteiger charge is 2.11. The Hall–Kier alpha value is -2.70. The number of carboxylic acid groups (broad SMARTS) is 1. The van der Waals surface area contributed by atoms with Crippen molar-refractivity contribution in [3.63, 3.8) is 0 Å². The van der Waals surface area contributed by atoms with Crippen LogP contribution in [0.3, 0.4) is 0 Å². The third kappa shape index (κ3) is 3.38. The zero-order chi connectivity index (χ0) is 13.7. The molecule has 1 heterocycles. The number of rotatable bonds is 5. The second-order valence-corrected chi connectivity index (χ2v) is 3.86. The Morgan fingerprint density at radius 1 is 1.32 bits per heavy atom. The number of aromatic nitrogens is 3. The van der Waals surface area contributed by atoms with E-state index in [0.29, 0.717) is 12.1 Å². The molecule has 0 aliphatic rings. The van der Waals surface area contributed by atoms with Crippen LogP contribution in [0.2, 0.25) is 0 Å². The van der Waals surface area contributed by atoms with Gasteiger partial charge in [0.15, 0.2) is 5.69 Å². The molecule has 1 aromatic carbocycles. The first-order valence-corrected chi connectivity index (χ1v) is 5.63. The molecular weight excluding hydrogens is 248 g/mol. The molecule has 0 saturated heterocycles. The highest BCUT2D eigenvalue weighted by molar-refractivity contribution is 6.03. The van der Waals surface area contributed by atoms with Crippen molar-refractivity contribution in [2.45, 2.75) is 12.8 Å². The van der Waals surface area contributed by atoms with Gasteiger partial charge in [-0.1, -0.05) is 18.2 Å². The number of nitrogens with one attached hydrogen (secondary N) is 2. The molecule has 0 aliphatic heterocycles. The highest BCUT2D eigenvalue weighted by Crippen LogP contribution is 2.17. The minimum atomic E-state index is -0.877. The van der Waals surface area contributed by atoms with Gasteiger partial charge in [-0.05, 0) is 18.1 Å². The lowest BCUT2D eigenvalue weighted by molar-refractivity contribution is -0.136. The third-order valence-electron chi connectivity index (χ3n) is 2.52. The van der Waals surface area contributed by atoms with Crippen molar-refractivity contribution in [1.29, 1.82) is 0 Å². The van der Waals surface area contributed by atoms with Crippen LogP contribution in [0.1, 0.15) is 22.5 Å². The summed E-state index contributed by atoms with van der Waals surface area (Å²) >= 11 is 0. The van der Waals surface area contributed by atoms with Gasteiger partial charge in [-0.2, -0.15) is 15.4 Å². The third-order valence-corrected chi connectivity index (χ3v) is 2.52. The molecule has 0 aliphatic carbocycles. The maximum absolute atomic E-state index is 11.8. The van der Waals surface area contributed by atoms with E-state index < -0.39 is 11.9 Å². The van der Waals surface area contributed by atoms with Crippen LogP contribution in [0.15, 0.2) is 30.5 Å². The number of nitrogens with zero attached hydrogens (tertiary/aromatic N) is 2. The lowest BCUT2D eigenvalue weighted by atomic mass is 10.1. The second kappa shape index (κ2) is 5.76. The van der Waals surface area contributed by atoms with Crippen molar-refractivity contribution in [3.05, 3.63) is 41.7 Å². The summed E-state index contributed by atoms with van der Waals surface area (Å²) < 4.78 is 0. The molecule has 3 N–H and O–H groups in total. The fourth-order valence-corrected chi connectivity index (χ4v) is 1.60. The van der Waals surface area contributed by atoms with E-state index in [1.54, 1.807) is 24.3 Å². The van der Waals surface area contributed by atoms with Crippen LogP contribution >= 0.6 is 0 Å². The van der Waals surface area contributed by atoms with Crippen LogP contribution in [0.4, 0.5) is 5.69 Å². The summed E-state index contributed by atoms with van der Waals surface area (Å²) in [5, 5.41) is 20.9. The van der Waals surface area contributed by atoms with E-state index in [4.69, 9.17) is 5.11 Å². The van der Waals surface area contributed by atoms with E-state index in [9.17, 15) is 9.59 Å². The Kier molecular flexibility index (Phi) is 3.87. The SMILES string of the molecule is O=C(O)CCc1ccccc1NC(=O)c1cn[nH]n1.